The van der Waals surface area contributed by atoms with Gasteiger partial charge in [-0.25, -0.2) is 9.37 Å². The number of ether oxygens (including phenoxy) is 2. The van der Waals surface area contributed by atoms with E-state index in [0.29, 0.717) is 50.6 Å². The van der Waals surface area contributed by atoms with E-state index in [1.807, 2.05) is 32.9 Å². The molecule has 0 aliphatic rings. The average molecular weight is 674 g/mol. The second kappa shape index (κ2) is 13.2. The van der Waals surface area contributed by atoms with Crippen LogP contribution in [-0.4, -0.2) is 35.0 Å². The summed E-state index contributed by atoms with van der Waals surface area (Å²) in [4.78, 5) is 30.5. The first kappa shape index (κ1) is 29.4. The first-order chi connectivity index (χ1) is 19.2. The van der Waals surface area contributed by atoms with E-state index in [2.05, 4.69) is 42.3 Å². The van der Waals surface area contributed by atoms with Crippen LogP contribution >= 0.6 is 31.9 Å². The van der Waals surface area contributed by atoms with Crippen LogP contribution in [0.4, 0.5) is 10.1 Å². The zero-order chi connectivity index (χ0) is 28.8. The van der Waals surface area contributed by atoms with Gasteiger partial charge in [-0.05, 0) is 83.9 Å². The lowest BCUT2D eigenvalue weighted by Gasteiger charge is -2.15. The minimum atomic E-state index is -0.414. The van der Waals surface area contributed by atoms with Crippen molar-refractivity contribution in [3.8, 4) is 11.5 Å². The maximum absolute atomic E-state index is 13.4. The number of aromatic nitrogens is 2. The average Bonchev–Trinajstić information content (AvgIpc) is 2.94. The largest absolute Gasteiger partial charge is 0.490 e. The molecule has 0 radical (unpaired) electrons. The Morgan fingerprint density at radius 2 is 1.82 bits per heavy atom. The van der Waals surface area contributed by atoms with E-state index in [9.17, 15) is 14.0 Å². The normalized spacial score (nSPS) is 12.1. The van der Waals surface area contributed by atoms with Crippen molar-refractivity contribution in [2.45, 2.75) is 33.1 Å². The lowest BCUT2D eigenvalue weighted by Crippen LogP contribution is -2.23. The number of anilines is 1. The maximum atomic E-state index is 13.4. The van der Waals surface area contributed by atoms with E-state index in [0.717, 1.165) is 10.9 Å². The number of rotatable bonds is 10. The molecule has 1 heterocycles. The van der Waals surface area contributed by atoms with Crippen molar-refractivity contribution >= 4 is 60.6 Å². The standard InChI is InChI=1S/C29H27Br2FN4O4/c1-4-17(3)28-35-24-11-6-19(30)13-22(24)29(38)36(28)33-15-18-12-25(39-5-2)26(14-23(18)31)40-16-27(37)34-21-9-7-20(32)8-10-21/h6-15,17H,4-5,16H2,1-3H3,(H,34,37)/t17-/m1/s1. The second-order valence-corrected chi connectivity index (χ2v) is 10.7. The molecule has 1 aromatic heterocycles. The van der Waals surface area contributed by atoms with Gasteiger partial charge in [0.05, 0.1) is 23.7 Å². The summed E-state index contributed by atoms with van der Waals surface area (Å²) >= 11 is 6.95. The Kier molecular flexibility index (Phi) is 9.70. The summed E-state index contributed by atoms with van der Waals surface area (Å²) in [6, 6.07) is 14.2. The molecule has 0 aliphatic heterocycles. The van der Waals surface area contributed by atoms with Gasteiger partial charge in [0.2, 0.25) is 0 Å². The Balaban J connectivity index is 1.62. The number of carbonyl (C=O) groups is 1. The highest BCUT2D eigenvalue weighted by molar-refractivity contribution is 9.10. The third kappa shape index (κ3) is 6.95. The molecule has 0 bridgehead atoms. The van der Waals surface area contributed by atoms with Gasteiger partial charge in [-0.3, -0.25) is 9.59 Å². The smallest absolute Gasteiger partial charge is 0.282 e. The third-order valence-electron chi connectivity index (χ3n) is 6.05. The molecule has 0 spiro atoms. The SMILES string of the molecule is CCOc1cc(C=Nn2c([C@H](C)CC)nc3ccc(Br)cc3c2=O)c(Br)cc1OCC(=O)Nc1ccc(F)cc1. The molecule has 3 aromatic carbocycles. The molecule has 8 nitrogen and oxygen atoms in total. The molecular weight excluding hydrogens is 647 g/mol. The number of amides is 1. The van der Waals surface area contributed by atoms with E-state index in [-0.39, 0.29) is 18.1 Å². The summed E-state index contributed by atoms with van der Waals surface area (Å²) in [5.74, 6) is 0.494. The van der Waals surface area contributed by atoms with E-state index < -0.39 is 11.7 Å². The van der Waals surface area contributed by atoms with Crippen molar-refractivity contribution in [3.63, 3.8) is 0 Å². The number of nitrogens with one attached hydrogen (secondary N) is 1. The van der Waals surface area contributed by atoms with Crippen LogP contribution in [0.3, 0.4) is 0 Å². The van der Waals surface area contributed by atoms with Gasteiger partial charge in [0.15, 0.2) is 18.1 Å². The zero-order valence-electron chi connectivity index (χ0n) is 22.1. The van der Waals surface area contributed by atoms with Gasteiger partial charge in [-0.1, -0.05) is 29.8 Å². The second-order valence-electron chi connectivity index (χ2n) is 8.90. The van der Waals surface area contributed by atoms with Crippen LogP contribution in [0.5, 0.6) is 11.5 Å². The number of hydrogen-bond acceptors (Lipinski definition) is 6. The minimum Gasteiger partial charge on any atom is -0.490 e. The molecule has 40 heavy (non-hydrogen) atoms. The predicted molar refractivity (Wildman–Crippen MR) is 161 cm³/mol. The van der Waals surface area contributed by atoms with E-state index in [4.69, 9.17) is 14.5 Å². The van der Waals surface area contributed by atoms with Crippen LogP contribution in [0.25, 0.3) is 10.9 Å². The molecule has 208 valence electrons. The van der Waals surface area contributed by atoms with Crippen molar-refractivity contribution in [1.29, 1.82) is 0 Å². The molecule has 1 N–H and O–H groups in total. The van der Waals surface area contributed by atoms with Crippen molar-refractivity contribution in [2.75, 3.05) is 18.5 Å². The highest BCUT2D eigenvalue weighted by Gasteiger charge is 2.17. The van der Waals surface area contributed by atoms with Gasteiger partial charge in [0.1, 0.15) is 11.6 Å². The molecule has 1 amide bonds. The molecule has 0 unspecified atom stereocenters. The molecule has 0 saturated heterocycles. The van der Waals surface area contributed by atoms with Crippen LogP contribution in [-0.2, 0) is 4.79 Å². The Hall–Kier alpha value is -3.57. The Morgan fingerprint density at radius 3 is 2.52 bits per heavy atom. The molecule has 0 fully saturated rings. The lowest BCUT2D eigenvalue weighted by molar-refractivity contribution is -0.118. The molecule has 1 atom stereocenters. The first-order valence-electron chi connectivity index (χ1n) is 12.6. The van der Waals surface area contributed by atoms with Gasteiger partial charge in [-0.2, -0.15) is 9.78 Å². The fraction of sp³-hybridized carbons (Fsp3) is 0.241. The Morgan fingerprint density at radius 1 is 1.10 bits per heavy atom. The van der Waals surface area contributed by atoms with Gasteiger partial charge in [-0.15, -0.1) is 0 Å². The number of benzene rings is 3. The fourth-order valence-electron chi connectivity index (χ4n) is 3.80. The number of fused-ring (bicyclic) bond motifs is 1. The monoisotopic (exact) mass is 672 g/mol. The van der Waals surface area contributed by atoms with Crippen molar-refractivity contribution < 1.29 is 18.7 Å². The summed E-state index contributed by atoms with van der Waals surface area (Å²) < 4.78 is 27.3. The first-order valence-corrected chi connectivity index (χ1v) is 14.2. The van der Waals surface area contributed by atoms with Gasteiger partial charge >= 0.3 is 0 Å². The van der Waals surface area contributed by atoms with Gasteiger partial charge in [0, 0.05) is 26.1 Å². The Labute approximate surface area is 247 Å². The van der Waals surface area contributed by atoms with Crippen molar-refractivity contribution in [2.24, 2.45) is 5.10 Å². The van der Waals surface area contributed by atoms with Crippen LogP contribution in [0.2, 0.25) is 0 Å². The maximum Gasteiger partial charge on any atom is 0.282 e. The van der Waals surface area contributed by atoms with Crippen molar-refractivity contribution in [3.05, 3.63) is 91.1 Å². The van der Waals surface area contributed by atoms with E-state index in [1.54, 1.807) is 24.4 Å². The summed E-state index contributed by atoms with van der Waals surface area (Å²) in [5, 5.41) is 7.63. The van der Waals surface area contributed by atoms with Crippen LogP contribution < -0.4 is 20.3 Å². The third-order valence-corrected chi connectivity index (χ3v) is 7.23. The molecule has 0 aliphatic carbocycles. The summed E-state index contributed by atoms with van der Waals surface area (Å²) in [5.41, 5.74) is 1.42. The van der Waals surface area contributed by atoms with Crippen LogP contribution in [0, 0.1) is 5.82 Å². The minimum absolute atomic E-state index is 0.00263. The van der Waals surface area contributed by atoms with Crippen molar-refractivity contribution in [1.82, 2.24) is 9.66 Å². The summed E-state index contributed by atoms with van der Waals surface area (Å²) in [6.45, 7) is 5.93. The van der Waals surface area contributed by atoms with Crippen LogP contribution in [0.1, 0.15) is 44.5 Å². The molecule has 0 saturated carbocycles. The summed E-state index contributed by atoms with van der Waals surface area (Å²) in [6.07, 6.45) is 2.33. The number of nitrogens with zero attached hydrogens (tertiary/aromatic N) is 3. The highest BCUT2D eigenvalue weighted by atomic mass is 79.9. The van der Waals surface area contributed by atoms with Gasteiger partial charge < -0.3 is 14.8 Å². The van der Waals surface area contributed by atoms with E-state index in [1.165, 1.54) is 28.9 Å². The Bertz CT molecular complexity index is 1620. The number of carbonyl (C=O) groups excluding carboxylic acids is 1. The quantitative estimate of drug-likeness (QED) is 0.185. The zero-order valence-corrected chi connectivity index (χ0v) is 25.3. The lowest BCUT2D eigenvalue weighted by atomic mass is 10.1. The molecular formula is C29H27Br2FN4O4. The number of halogens is 3. The van der Waals surface area contributed by atoms with Crippen LogP contribution in [0.15, 0.2) is 73.4 Å². The molecule has 4 rings (SSSR count). The predicted octanol–water partition coefficient (Wildman–Crippen LogP) is 6.87. The highest BCUT2D eigenvalue weighted by Crippen LogP contribution is 2.33. The summed E-state index contributed by atoms with van der Waals surface area (Å²) in [7, 11) is 0. The molecule has 11 heteroatoms. The fourth-order valence-corrected chi connectivity index (χ4v) is 4.59. The molecule has 4 aromatic rings. The topological polar surface area (TPSA) is 94.8 Å². The van der Waals surface area contributed by atoms with E-state index >= 15 is 0 Å². The van der Waals surface area contributed by atoms with Gasteiger partial charge in [0.25, 0.3) is 11.5 Å². The number of hydrogen-bond donors (Lipinski definition) is 1.